The summed E-state index contributed by atoms with van der Waals surface area (Å²) in [4.78, 5) is 11.3. The first kappa shape index (κ1) is 23.0. The van der Waals surface area contributed by atoms with Gasteiger partial charge in [-0.25, -0.2) is 18.4 Å². The molecule has 0 aromatic heterocycles. The summed E-state index contributed by atoms with van der Waals surface area (Å²) in [6.07, 6.45) is 0. The van der Waals surface area contributed by atoms with Gasteiger partial charge in [0, 0.05) is 51.4 Å². The van der Waals surface area contributed by atoms with Crippen LogP contribution in [0.4, 0.5) is 16.2 Å². The number of nitrogens with two attached hydrogens (primary N) is 1. The molecule has 7 nitrogen and oxygen atoms in total. The van der Waals surface area contributed by atoms with Crippen LogP contribution in [0.25, 0.3) is 0 Å². The van der Waals surface area contributed by atoms with Crippen molar-refractivity contribution in [2.24, 2.45) is 5.14 Å². The average molecular weight is 450 g/mol. The normalized spacial score (nSPS) is 10.7. The van der Waals surface area contributed by atoms with Crippen LogP contribution >= 0.6 is 34.8 Å². The van der Waals surface area contributed by atoms with Gasteiger partial charge in [0.2, 0.25) is 10.0 Å². The van der Waals surface area contributed by atoms with Gasteiger partial charge in [0.25, 0.3) is 0 Å². The third kappa shape index (κ3) is 5.70. The van der Waals surface area contributed by atoms with Gasteiger partial charge in [0.1, 0.15) is 4.90 Å². The molecule has 129 valence electrons. The van der Waals surface area contributed by atoms with E-state index in [2.05, 4.69) is 10.6 Å². The topological polar surface area (TPSA) is 122 Å². The van der Waals surface area contributed by atoms with Crippen molar-refractivity contribution in [2.75, 3.05) is 10.6 Å². The molecule has 2 aromatic rings. The Balaban J connectivity index is 0.00000312. The molecule has 0 fully saturated rings. The van der Waals surface area contributed by atoms with Gasteiger partial charge in [0.05, 0.1) is 26.4 Å². The number of primary sulfonamides is 1. The number of sulfonamides is 1. The molecule has 0 atom stereocenters. The van der Waals surface area contributed by atoms with Gasteiger partial charge in [0.15, 0.2) is 5.75 Å². The standard InChI is InChI=1S/C13H10Cl3N3O4S.K/c14-6-2-1-3-8(10(6)16)18-13(21)19-9-5-4-7(15)12(11(9)20)24(17,22)23;/h1-5,20H,(H2,17,22,23)(H2,18,19,21);. The molecule has 0 bridgehead atoms. The summed E-state index contributed by atoms with van der Waals surface area (Å²) in [5.41, 5.74) is 0.0147. The van der Waals surface area contributed by atoms with Crippen molar-refractivity contribution >= 4 is 114 Å². The third-order valence-electron chi connectivity index (χ3n) is 2.82. The SMILES string of the molecule is NS(=O)(=O)c1c(Cl)ccc(NC(=O)Nc2cccc(Cl)c2Cl)c1O.[K]. The van der Waals surface area contributed by atoms with E-state index < -0.39 is 26.7 Å². The molecule has 1 radical (unpaired) electrons. The number of carbonyl (C=O) groups is 1. The van der Waals surface area contributed by atoms with Crippen LogP contribution < -0.4 is 15.8 Å². The van der Waals surface area contributed by atoms with E-state index in [4.69, 9.17) is 39.9 Å². The number of phenolic OH excluding ortho intramolecular Hbond substituents is 1. The Morgan fingerprint density at radius 1 is 1.00 bits per heavy atom. The Kier molecular flexibility index (Phi) is 8.47. The Morgan fingerprint density at radius 2 is 1.60 bits per heavy atom. The number of carbonyl (C=O) groups excluding carboxylic acids is 1. The molecule has 0 saturated carbocycles. The molecular weight excluding hydrogens is 440 g/mol. The number of hydrogen-bond donors (Lipinski definition) is 4. The predicted molar refractivity (Wildman–Crippen MR) is 99.3 cm³/mol. The molecular formula is C13H10Cl3KN3O4S. The number of phenols is 1. The van der Waals surface area contributed by atoms with Crippen molar-refractivity contribution in [3.05, 3.63) is 45.4 Å². The van der Waals surface area contributed by atoms with Crippen LogP contribution in [0.1, 0.15) is 0 Å². The summed E-state index contributed by atoms with van der Waals surface area (Å²) in [5.74, 6) is -0.780. The average Bonchev–Trinajstić information content (AvgIpc) is 2.45. The van der Waals surface area contributed by atoms with Crippen LogP contribution in [0.2, 0.25) is 15.1 Å². The van der Waals surface area contributed by atoms with E-state index in [0.29, 0.717) is 0 Å². The van der Waals surface area contributed by atoms with Crippen molar-refractivity contribution in [1.82, 2.24) is 0 Å². The summed E-state index contributed by atoms with van der Waals surface area (Å²) < 4.78 is 22.9. The molecule has 5 N–H and O–H groups in total. The van der Waals surface area contributed by atoms with Crippen LogP contribution in [-0.2, 0) is 10.0 Å². The summed E-state index contributed by atoms with van der Waals surface area (Å²) in [6, 6.07) is 6.20. The molecule has 0 saturated heterocycles. The monoisotopic (exact) mass is 448 g/mol. The Morgan fingerprint density at radius 3 is 2.20 bits per heavy atom. The van der Waals surface area contributed by atoms with E-state index in [0.717, 1.165) is 0 Å². The van der Waals surface area contributed by atoms with Gasteiger partial charge in [-0.15, -0.1) is 0 Å². The molecule has 0 aliphatic rings. The van der Waals surface area contributed by atoms with E-state index in [1.165, 1.54) is 24.3 Å². The van der Waals surface area contributed by atoms with Crippen LogP contribution in [0, 0.1) is 0 Å². The van der Waals surface area contributed by atoms with Crippen LogP contribution in [0.15, 0.2) is 35.2 Å². The van der Waals surface area contributed by atoms with Crippen molar-refractivity contribution in [3.63, 3.8) is 0 Å². The molecule has 2 aromatic carbocycles. The molecule has 0 spiro atoms. The molecule has 0 heterocycles. The number of rotatable bonds is 3. The van der Waals surface area contributed by atoms with Gasteiger partial charge in [-0.2, -0.15) is 0 Å². The van der Waals surface area contributed by atoms with E-state index in [1.807, 2.05) is 0 Å². The maximum atomic E-state index is 12.0. The maximum Gasteiger partial charge on any atom is 0.323 e. The van der Waals surface area contributed by atoms with Gasteiger partial charge >= 0.3 is 6.03 Å². The molecule has 2 rings (SSSR count). The van der Waals surface area contributed by atoms with Gasteiger partial charge in [-0.05, 0) is 24.3 Å². The zero-order valence-electron chi connectivity index (χ0n) is 12.7. The minimum absolute atomic E-state index is 0. The zero-order chi connectivity index (χ0) is 18.1. The van der Waals surface area contributed by atoms with E-state index in [-0.39, 0.29) is 77.8 Å². The van der Waals surface area contributed by atoms with Crippen LogP contribution in [0.3, 0.4) is 0 Å². The number of amides is 2. The summed E-state index contributed by atoms with van der Waals surface area (Å²) in [6.45, 7) is 0. The van der Waals surface area contributed by atoms with Gasteiger partial charge in [-0.1, -0.05) is 40.9 Å². The number of hydrogen-bond acceptors (Lipinski definition) is 4. The molecule has 12 heteroatoms. The van der Waals surface area contributed by atoms with E-state index in [9.17, 15) is 18.3 Å². The number of halogens is 3. The largest absolute Gasteiger partial charge is 0.504 e. The van der Waals surface area contributed by atoms with Crippen LogP contribution in [0.5, 0.6) is 5.75 Å². The Bertz CT molecular complexity index is 925. The molecule has 0 aliphatic heterocycles. The van der Waals surface area contributed by atoms with E-state index in [1.54, 1.807) is 6.07 Å². The van der Waals surface area contributed by atoms with Crippen LogP contribution in [-0.4, -0.2) is 70.9 Å². The summed E-state index contributed by atoms with van der Waals surface area (Å²) in [7, 11) is -4.29. The number of anilines is 2. The summed E-state index contributed by atoms with van der Waals surface area (Å²) >= 11 is 17.5. The molecule has 0 aliphatic carbocycles. The Hall–Kier alpha value is -0.0736. The molecule has 25 heavy (non-hydrogen) atoms. The number of benzene rings is 2. The van der Waals surface area contributed by atoms with Crippen molar-refractivity contribution in [2.45, 2.75) is 4.90 Å². The number of aromatic hydroxyl groups is 1. The minimum atomic E-state index is -4.29. The first-order valence-corrected chi connectivity index (χ1v) is 8.85. The van der Waals surface area contributed by atoms with Crippen molar-refractivity contribution in [3.8, 4) is 5.75 Å². The second-order valence-corrected chi connectivity index (χ2v) is 7.19. The zero-order valence-corrected chi connectivity index (χ0v) is 18.9. The molecule has 0 unspecified atom stereocenters. The first-order chi connectivity index (χ1) is 11.1. The fraction of sp³-hybridized carbons (Fsp3) is 0. The minimum Gasteiger partial charge on any atom is -0.504 e. The quantitative estimate of drug-likeness (QED) is 0.424. The second kappa shape index (κ2) is 9.22. The number of urea groups is 1. The third-order valence-corrected chi connectivity index (χ3v) is 5.04. The van der Waals surface area contributed by atoms with Gasteiger partial charge in [-0.3, -0.25) is 0 Å². The maximum absolute atomic E-state index is 12.0. The molecule has 2 amide bonds. The fourth-order valence-electron chi connectivity index (χ4n) is 1.79. The summed E-state index contributed by atoms with van der Waals surface area (Å²) in [5, 5.41) is 19.7. The fourth-order valence-corrected chi connectivity index (χ4v) is 3.34. The van der Waals surface area contributed by atoms with Gasteiger partial charge < -0.3 is 15.7 Å². The van der Waals surface area contributed by atoms with Crippen molar-refractivity contribution in [1.29, 1.82) is 0 Å². The smallest absolute Gasteiger partial charge is 0.323 e. The Labute approximate surface area is 201 Å². The van der Waals surface area contributed by atoms with E-state index >= 15 is 0 Å². The second-order valence-electron chi connectivity index (χ2n) is 4.50. The van der Waals surface area contributed by atoms with Crippen molar-refractivity contribution < 1.29 is 18.3 Å². The predicted octanol–water partition coefficient (Wildman–Crippen LogP) is 3.26. The first-order valence-electron chi connectivity index (χ1n) is 6.17. The number of nitrogens with one attached hydrogen (secondary N) is 2.